The number of thioether (sulfide) groups is 1. The lowest BCUT2D eigenvalue weighted by Crippen LogP contribution is -2.29. The first kappa shape index (κ1) is 19.1. The Bertz CT molecular complexity index is 848. The first-order valence-corrected chi connectivity index (χ1v) is 10.2. The van der Waals surface area contributed by atoms with E-state index < -0.39 is 0 Å². The number of rotatable bonds is 6. The number of anilines is 1. The van der Waals surface area contributed by atoms with Crippen LogP contribution in [0.4, 0.5) is 5.69 Å². The summed E-state index contributed by atoms with van der Waals surface area (Å²) in [6.45, 7) is 0.417. The lowest BCUT2D eigenvalue weighted by atomic mass is 10.2. The highest BCUT2D eigenvalue weighted by Gasteiger charge is 2.31. The Morgan fingerprint density at radius 2 is 2.08 bits per heavy atom. The molecule has 1 aliphatic heterocycles. The van der Waals surface area contributed by atoms with Gasteiger partial charge in [0.25, 0.3) is 5.91 Å². The zero-order valence-corrected chi connectivity index (χ0v) is 17.4. The normalized spacial score (nSPS) is 15.7. The van der Waals surface area contributed by atoms with E-state index in [2.05, 4.69) is 27.9 Å². The topological polar surface area (TPSA) is 62.6 Å². The number of nitrogens with one attached hydrogen (secondary N) is 1. The van der Waals surface area contributed by atoms with Gasteiger partial charge in [-0.05, 0) is 65.4 Å². The van der Waals surface area contributed by atoms with Crippen molar-refractivity contribution < 1.29 is 14.0 Å². The molecule has 1 aromatic carbocycles. The summed E-state index contributed by atoms with van der Waals surface area (Å²) in [6, 6.07) is 11.1. The molecule has 3 rings (SSSR count). The number of carbonyl (C=O) groups is 2. The molecule has 0 radical (unpaired) electrons. The van der Waals surface area contributed by atoms with E-state index in [4.69, 9.17) is 16.6 Å². The van der Waals surface area contributed by atoms with Crippen LogP contribution in [0.1, 0.15) is 18.6 Å². The second kappa shape index (κ2) is 8.83. The van der Waals surface area contributed by atoms with Crippen LogP contribution >= 0.6 is 46.6 Å². The molecular weight excluding hydrogens is 483 g/mol. The molecule has 1 N–H and O–H groups in total. The molecule has 8 heteroatoms. The zero-order valence-electron chi connectivity index (χ0n) is 13.6. The van der Waals surface area contributed by atoms with Crippen molar-refractivity contribution >= 4 is 74.5 Å². The number of nitrogens with zero attached hydrogens (tertiary/aromatic N) is 1. The molecule has 0 bridgehead atoms. The standard InChI is InChI=1S/C18H15IN2O3S2/c19-12-5-7-13(8-6-12)20-16(22)4-1-9-21-17(23)15(26-18(21)25)11-14-3-2-10-24-14/h2-3,5-8,10-11H,1,4,9H2,(H,20,22)/b15-11+. The summed E-state index contributed by atoms with van der Waals surface area (Å²) in [5.41, 5.74) is 0.766. The maximum absolute atomic E-state index is 12.4. The number of thiocarbonyl (C=S) groups is 1. The molecule has 1 saturated heterocycles. The Kier molecular flexibility index (Phi) is 6.49. The number of hydrogen-bond donors (Lipinski definition) is 1. The second-order valence-electron chi connectivity index (χ2n) is 5.51. The fraction of sp³-hybridized carbons (Fsp3) is 0.167. The molecule has 0 unspecified atom stereocenters. The third kappa shape index (κ3) is 4.95. The van der Waals surface area contributed by atoms with Gasteiger partial charge in [0.15, 0.2) is 0 Å². The highest BCUT2D eigenvalue weighted by Crippen LogP contribution is 2.32. The fourth-order valence-corrected chi connectivity index (χ4v) is 4.00. The van der Waals surface area contributed by atoms with E-state index in [1.54, 1.807) is 24.5 Å². The molecule has 2 amide bonds. The molecule has 0 atom stereocenters. The van der Waals surface area contributed by atoms with E-state index in [1.807, 2.05) is 24.3 Å². The number of hydrogen-bond acceptors (Lipinski definition) is 5. The summed E-state index contributed by atoms with van der Waals surface area (Å²) in [5, 5.41) is 2.85. The molecule has 2 heterocycles. The van der Waals surface area contributed by atoms with Crippen molar-refractivity contribution in [3.8, 4) is 0 Å². The molecular formula is C18H15IN2O3S2. The maximum Gasteiger partial charge on any atom is 0.266 e. The molecule has 5 nitrogen and oxygen atoms in total. The van der Waals surface area contributed by atoms with Gasteiger partial charge in [-0.3, -0.25) is 14.5 Å². The van der Waals surface area contributed by atoms with E-state index in [0.29, 0.717) is 34.4 Å². The predicted octanol–water partition coefficient (Wildman–Crippen LogP) is 4.50. The molecule has 1 fully saturated rings. The van der Waals surface area contributed by atoms with Crippen molar-refractivity contribution in [3.05, 3.63) is 56.9 Å². The van der Waals surface area contributed by atoms with Crippen LogP contribution in [0.5, 0.6) is 0 Å². The number of benzene rings is 1. The smallest absolute Gasteiger partial charge is 0.266 e. The number of carbonyl (C=O) groups excluding carboxylic acids is 2. The van der Waals surface area contributed by atoms with Crippen LogP contribution in [0.15, 0.2) is 52.0 Å². The van der Waals surface area contributed by atoms with Crippen molar-refractivity contribution in [1.82, 2.24) is 4.90 Å². The summed E-state index contributed by atoms with van der Waals surface area (Å²) < 4.78 is 6.85. The monoisotopic (exact) mass is 498 g/mol. The van der Waals surface area contributed by atoms with Gasteiger partial charge in [0.05, 0.1) is 11.2 Å². The number of furan rings is 1. The van der Waals surface area contributed by atoms with Gasteiger partial charge in [-0.1, -0.05) is 24.0 Å². The van der Waals surface area contributed by atoms with Gasteiger partial charge < -0.3 is 9.73 Å². The average Bonchev–Trinajstić information content (AvgIpc) is 3.21. The Balaban J connectivity index is 1.50. The van der Waals surface area contributed by atoms with Gasteiger partial charge in [-0.2, -0.15) is 0 Å². The van der Waals surface area contributed by atoms with Crippen LogP contribution in [-0.4, -0.2) is 27.6 Å². The highest BCUT2D eigenvalue weighted by atomic mass is 127. The third-order valence-electron chi connectivity index (χ3n) is 3.60. The maximum atomic E-state index is 12.4. The molecule has 0 aliphatic carbocycles. The van der Waals surface area contributed by atoms with Gasteiger partial charge in [0.1, 0.15) is 10.1 Å². The Morgan fingerprint density at radius 3 is 2.77 bits per heavy atom. The largest absolute Gasteiger partial charge is 0.465 e. The summed E-state index contributed by atoms with van der Waals surface area (Å²) in [5.74, 6) is 0.389. The molecule has 26 heavy (non-hydrogen) atoms. The molecule has 1 aliphatic rings. The van der Waals surface area contributed by atoms with Crippen LogP contribution in [0, 0.1) is 3.57 Å². The van der Waals surface area contributed by atoms with E-state index in [-0.39, 0.29) is 11.8 Å². The quantitative estimate of drug-likeness (QED) is 0.361. The Morgan fingerprint density at radius 1 is 1.31 bits per heavy atom. The molecule has 0 spiro atoms. The summed E-state index contributed by atoms with van der Waals surface area (Å²) >= 11 is 8.74. The Labute approximate surface area is 174 Å². The van der Waals surface area contributed by atoms with Crippen molar-refractivity contribution in [2.24, 2.45) is 0 Å². The van der Waals surface area contributed by atoms with Gasteiger partial charge in [0.2, 0.25) is 5.91 Å². The SMILES string of the molecule is O=C(CCCN1C(=O)/C(=C\c2ccco2)SC1=S)Nc1ccc(I)cc1. The van der Waals surface area contributed by atoms with Crippen LogP contribution in [0.2, 0.25) is 0 Å². The van der Waals surface area contributed by atoms with Crippen LogP contribution in [0.25, 0.3) is 6.08 Å². The lowest BCUT2D eigenvalue weighted by Gasteiger charge is -2.14. The minimum absolute atomic E-state index is 0.0808. The minimum Gasteiger partial charge on any atom is -0.465 e. The zero-order chi connectivity index (χ0) is 18.5. The van der Waals surface area contributed by atoms with E-state index in [0.717, 1.165) is 9.26 Å². The summed E-state index contributed by atoms with van der Waals surface area (Å²) in [4.78, 5) is 26.5. The number of amides is 2. The fourth-order valence-electron chi connectivity index (χ4n) is 2.35. The minimum atomic E-state index is -0.144. The summed E-state index contributed by atoms with van der Waals surface area (Å²) in [7, 11) is 0. The van der Waals surface area contributed by atoms with Crippen molar-refractivity contribution in [1.29, 1.82) is 0 Å². The molecule has 1 aromatic heterocycles. The van der Waals surface area contributed by atoms with Gasteiger partial charge in [-0.25, -0.2) is 0 Å². The first-order chi connectivity index (χ1) is 12.5. The average molecular weight is 498 g/mol. The van der Waals surface area contributed by atoms with Crippen molar-refractivity contribution in [2.45, 2.75) is 12.8 Å². The van der Waals surface area contributed by atoms with E-state index in [9.17, 15) is 9.59 Å². The van der Waals surface area contributed by atoms with Crippen LogP contribution in [0.3, 0.4) is 0 Å². The van der Waals surface area contributed by atoms with Crippen LogP contribution in [-0.2, 0) is 9.59 Å². The second-order valence-corrected chi connectivity index (χ2v) is 8.43. The van der Waals surface area contributed by atoms with Gasteiger partial charge in [0, 0.05) is 28.3 Å². The molecule has 0 saturated carbocycles. The van der Waals surface area contributed by atoms with Gasteiger partial charge in [-0.15, -0.1) is 0 Å². The van der Waals surface area contributed by atoms with E-state index >= 15 is 0 Å². The predicted molar refractivity (Wildman–Crippen MR) is 116 cm³/mol. The molecule has 134 valence electrons. The van der Waals surface area contributed by atoms with Gasteiger partial charge >= 0.3 is 0 Å². The first-order valence-electron chi connectivity index (χ1n) is 7.87. The summed E-state index contributed by atoms with van der Waals surface area (Å²) in [6.07, 6.45) is 4.10. The molecule has 2 aromatic rings. The Hall–Kier alpha value is -1.65. The highest BCUT2D eigenvalue weighted by molar-refractivity contribution is 14.1. The third-order valence-corrected chi connectivity index (χ3v) is 5.70. The van der Waals surface area contributed by atoms with E-state index in [1.165, 1.54) is 16.7 Å². The van der Waals surface area contributed by atoms with Crippen molar-refractivity contribution in [2.75, 3.05) is 11.9 Å². The lowest BCUT2D eigenvalue weighted by molar-refractivity contribution is -0.122. The number of halogens is 1. The van der Waals surface area contributed by atoms with Crippen molar-refractivity contribution in [3.63, 3.8) is 0 Å². The van der Waals surface area contributed by atoms with Crippen LogP contribution < -0.4 is 5.32 Å².